The molecule has 1 amide bonds. The first kappa shape index (κ1) is 16.6. The number of amides is 1. The summed E-state index contributed by atoms with van der Waals surface area (Å²) in [6.45, 7) is 4.68. The molecule has 26 heavy (non-hydrogen) atoms. The first-order valence-electron chi connectivity index (χ1n) is 8.85. The average Bonchev–Trinajstić information content (AvgIpc) is 3.12. The van der Waals surface area contributed by atoms with Crippen LogP contribution in [-0.2, 0) is 4.79 Å². The maximum Gasteiger partial charge on any atom is 0.247 e. The Morgan fingerprint density at radius 1 is 1.04 bits per heavy atom. The number of carbonyl (C=O) groups is 1. The molecule has 1 aliphatic rings. The lowest BCUT2D eigenvalue weighted by molar-refractivity contribution is -0.134. The summed E-state index contributed by atoms with van der Waals surface area (Å²) in [6, 6.07) is 14.1. The van der Waals surface area contributed by atoms with Gasteiger partial charge in [-0.05, 0) is 37.3 Å². The number of piperazine rings is 1. The van der Waals surface area contributed by atoms with Crippen LogP contribution < -0.4 is 4.90 Å². The van der Waals surface area contributed by atoms with Gasteiger partial charge >= 0.3 is 0 Å². The van der Waals surface area contributed by atoms with Gasteiger partial charge in [-0.15, -0.1) is 0 Å². The molecule has 2 aromatic carbocycles. The standard InChI is InChI=1S/C20H21FN4O/c1-15(25-19-5-3-2-4-16(19)14-22-25)20(26)24-12-10-23(11-13-24)18-8-6-17(21)7-9-18/h2-9,14-15H,10-13H2,1H3. The molecule has 1 saturated heterocycles. The predicted molar refractivity (Wildman–Crippen MR) is 99.6 cm³/mol. The van der Waals surface area contributed by atoms with Crippen molar-refractivity contribution in [1.82, 2.24) is 14.7 Å². The quantitative estimate of drug-likeness (QED) is 0.727. The van der Waals surface area contributed by atoms with Crippen molar-refractivity contribution < 1.29 is 9.18 Å². The highest BCUT2D eigenvalue weighted by molar-refractivity contribution is 5.84. The molecule has 4 rings (SSSR count). The number of carbonyl (C=O) groups excluding carboxylic acids is 1. The topological polar surface area (TPSA) is 41.4 Å². The van der Waals surface area contributed by atoms with E-state index in [1.54, 1.807) is 23.0 Å². The Kier molecular flexibility index (Phi) is 4.32. The third-order valence-electron chi connectivity index (χ3n) is 5.01. The number of hydrogen-bond acceptors (Lipinski definition) is 3. The summed E-state index contributed by atoms with van der Waals surface area (Å²) in [7, 11) is 0. The molecule has 1 unspecified atom stereocenters. The molecule has 0 bridgehead atoms. The van der Waals surface area contributed by atoms with Gasteiger partial charge in [0.1, 0.15) is 11.9 Å². The van der Waals surface area contributed by atoms with Crippen LogP contribution in [0.2, 0.25) is 0 Å². The van der Waals surface area contributed by atoms with E-state index in [-0.39, 0.29) is 17.8 Å². The van der Waals surface area contributed by atoms with Crippen LogP contribution in [0.5, 0.6) is 0 Å². The minimum absolute atomic E-state index is 0.0811. The van der Waals surface area contributed by atoms with Crippen molar-refractivity contribution in [2.45, 2.75) is 13.0 Å². The molecular weight excluding hydrogens is 331 g/mol. The van der Waals surface area contributed by atoms with Gasteiger partial charge in [0, 0.05) is 37.3 Å². The summed E-state index contributed by atoms with van der Waals surface area (Å²) >= 11 is 0. The Labute approximate surface area is 151 Å². The molecule has 1 fully saturated rings. The second kappa shape index (κ2) is 6.78. The van der Waals surface area contributed by atoms with Crippen LogP contribution in [0.3, 0.4) is 0 Å². The van der Waals surface area contributed by atoms with Crippen LogP contribution in [0.25, 0.3) is 10.9 Å². The first-order valence-corrected chi connectivity index (χ1v) is 8.85. The van der Waals surface area contributed by atoms with Gasteiger partial charge in [0.25, 0.3) is 0 Å². The number of fused-ring (bicyclic) bond motifs is 1. The number of para-hydroxylation sites is 1. The van der Waals surface area contributed by atoms with E-state index >= 15 is 0 Å². The van der Waals surface area contributed by atoms with E-state index in [9.17, 15) is 9.18 Å². The molecule has 134 valence electrons. The van der Waals surface area contributed by atoms with E-state index in [4.69, 9.17) is 0 Å². The minimum Gasteiger partial charge on any atom is -0.368 e. The van der Waals surface area contributed by atoms with Crippen LogP contribution in [-0.4, -0.2) is 46.8 Å². The molecule has 0 radical (unpaired) electrons. The molecule has 0 spiro atoms. The molecular formula is C20H21FN4O. The van der Waals surface area contributed by atoms with Crippen LogP contribution in [0, 0.1) is 5.82 Å². The smallest absolute Gasteiger partial charge is 0.247 e. The minimum atomic E-state index is -0.340. The molecule has 0 N–H and O–H groups in total. The van der Waals surface area contributed by atoms with Crippen LogP contribution in [0.1, 0.15) is 13.0 Å². The van der Waals surface area contributed by atoms with Crippen LogP contribution in [0.15, 0.2) is 54.7 Å². The van der Waals surface area contributed by atoms with E-state index in [0.717, 1.165) is 29.7 Å². The molecule has 1 atom stereocenters. The van der Waals surface area contributed by atoms with Gasteiger partial charge < -0.3 is 9.80 Å². The van der Waals surface area contributed by atoms with E-state index < -0.39 is 0 Å². The third kappa shape index (κ3) is 3.03. The number of hydrogen-bond donors (Lipinski definition) is 0. The monoisotopic (exact) mass is 352 g/mol. The third-order valence-corrected chi connectivity index (χ3v) is 5.01. The predicted octanol–water partition coefficient (Wildman–Crippen LogP) is 3.09. The zero-order chi connectivity index (χ0) is 18.1. The Balaban J connectivity index is 1.44. The number of benzene rings is 2. The van der Waals surface area contributed by atoms with E-state index in [2.05, 4.69) is 10.00 Å². The van der Waals surface area contributed by atoms with E-state index in [1.165, 1.54) is 12.1 Å². The lowest BCUT2D eigenvalue weighted by atomic mass is 10.2. The van der Waals surface area contributed by atoms with E-state index in [1.807, 2.05) is 36.1 Å². The fourth-order valence-electron chi connectivity index (χ4n) is 3.51. The summed E-state index contributed by atoms with van der Waals surface area (Å²) < 4.78 is 14.9. The summed E-state index contributed by atoms with van der Waals surface area (Å²) in [5.41, 5.74) is 1.96. The lowest BCUT2D eigenvalue weighted by Crippen LogP contribution is -2.50. The van der Waals surface area contributed by atoms with Gasteiger partial charge in [-0.1, -0.05) is 18.2 Å². The summed E-state index contributed by atoms with van der Waals surface area (Å²) in [4.78, 5) is 17.0. The zero-order valence-electron chi connectivity index (χ0n) is 14.7. The zero-order valence-corrected chi connectivity index (χ0v) is 14.7. The summed E-state index contributed by atoms with van der Waals surface area (Å²) in [5, 5.41) is 5.44. The molecule has 0 aliphatic carbocycles. The highest BCUT2D eigenvalue weighted by Crippen LogP contribution is 2.21. The largest absolute Gasteiger partial charge is 0.368 e. The van der Waals surface area contributed by atoms with Crippen molar-refractivity contribution in [3.05, 3.63) is 60.5 Å². The van der Waals surface area contributed by atoms with Gasteiger partial charge in [0.15, 0.2) is 0 Å². The maximum absolute atomic E-state index is 13.1. The number of aromatic nitrogens is 2. The number of halogens is 1. The molecule has 0 saturated carbocycles. The summed E-state index contributed by atoms with van der Waals surface area (Å²) in [5.74, 6) is -0.152. The first-order chi connectivity index (χ1) is 12.6. The molecule has 6 heteroatoms. The Hall–Kier alpha value is -2.89. The Morgan fingerprint density at radius 2 is 1.73 bits per heavy atom. The SMILES string of the molecule is CC(C(=O)N1CCN(c2ccc(F)cc2)CC1)n1ncc2ccccc21. The normalized spacial score (nSPS) is 16.1. The number of anilines is 1. The second-order valence-corrected chi connectivity index (χ2v) is 6.61. The maximum atomic E-state index is 13.1. The molecule has 5 nitrogen and oxygen atoms in total. The lowest BCUT2D eigenvalue weighted by Gasteiger charge is -2.37. The molecule has 3 aromatic rings. The fourth-order valence-corrected chi connectivity index (χ4v) is 3.51. The van der Waals surface area contributed by atoms with E-state index in [0.29, 0.717) is 13.1 Å². The molecule has 2 heterocycles. The fraction of sp³-hybridized carbons (Fsp3) is 0.300. The van der Waals surface area contributed by atoms with Gasteiger partial charge in [-0.25, -0.2) is 4.39 Å². The van der Waals surface area contributed by atoms with Gasteiger partial charge in [0.05, 0.1) is 11.7 Å². The van der Waals surface area contributed by atoms with Crippen molar-refractivity contribution in [3.63, 3.8) is 0 Å². The average molecular weight is 352 g/mol. The molecule has 1 aromatic heterocycles. The van der Waals surface area contributed by atoms with Crippen molar-refractivity contribution >= 4 is 22.5 Å². The van der Waals surface area contributed by atoms with Gasteiger partial charge in [-0.3, -0.25) is 9.48 Å². The van der Waals surface area contributed by atoms with Crippen molar-refractivity contribution in [1.29, 1.82) is 0 Å². The van der Waals surface area contributed by atoms with Crippen molar-refractivity contribution in [2.75, 3.05) is 31.1 Å². The Bertz CT molecular complexity index is 913. The second-order valence-electron chi connectivity index (χ2n) is 6.61. The highest BCUT2D eigenvalue weighted by atomic mass is 19.1. The van der Waals surface area contributed by atoms with Gasteiger partial charge in [0.2, 0.25) is 5.91 Å². The number of nitrogens with zero attached hydrogens (tertiary/aromatic N) is 4. The van der Waals surface area contributed by atoms with Crippen molar-refractivity contribution in [2.24, 2.45) is 0 Å². The summed E-state index contributed by atoms with van der Waals surface area (Å²) in [6.07, 6.45) is 1.80. The van der Waals surface area contributed by atoms with Crippen LogP contribution in [0.4, 0.5) is 10.1 Å². The van der Waals surface area contributed by atoms with Gasteiger partial charge in [-0.2, -0.15) is 5.10 Å². The van der Waals surface area contributed by atoms with Crippen LogP contribution >= 0.6 is 0 Å². The highest BCUT2D eigenvalue weighted by Gasteiger charge is 2.27. The molecule has 1 aliphatic heterocycles. The number of rotatable bonds is 3. The Morgan fingerprint density at radius 3 is 2.46 bits per heavy atom. The van der Waals surface area contributed by atoms with Crippen molar-refractivity contribution in [3.8, 4) is 0 Å².